The first-order valence-corrected chi connectivity index (χ1v) is 10.9. The van der Waals surface area contributed by atoms with Gasteiger partial charge in [0, 0.05) is 37.8 Å². The Morgan fingerprint density at radius 2 is 1.75 bits per heavy atom. The fourth-order valence-corrected chi connectivity index (χ4v) is 3.63. The number of rotatable bonds is 6. The molecule has 9 heteroatoms. The molecule has 0 saturated heterocycles. The molecule has 1 amide bonds. The van der Waals surface area contributed by atoms with Gasteiger partial charge in [-0.15, -0.1) is 24.0 Å². The minimum atomic E-state index is -0.487. The third-order valence-corrected chi connectivity index (χ3v) is 5.07. The predicted molar refractivity (Wildman–Crippen MR) is 138 cm³/mol. The summed E-state index contributed by atoms with van der Waals surface area (Å²) in [6.45, 7) is 6.71. The van der Waals surface area contributed by atoms with E-state index in [2.05, 4.69) is 20.9 Å². The summed E-state index contributed by atoms with van der Waals surface area (Å²) in [5, 5.41) is 9.74. The molecule has 1 aliphatic carbocycles. The van der Waals surface area contributed by atoms with E-state index in [1.807, 2.05) is 45.8 Å². The van der Waals surface area contributed by atoms with Gasteiger partial charge in [-0.25, -0.2) is 9.18 Å². The quantitative estimate of drug-likeness (QED) is 0.277. The van der Waals surface area contributed by atoms with Gasteiger partial charge in [-0.1, -0.05) is 6.07 Å². The molecule has 0 aromatic heterocycles. The van der Waals surface area contributed by atoms with Gasteiger partial charge in [0.2, 0.25) is 0 Å². The number of benzene rings is 1. The Balaban J connectivity index is 0.00000512. The van der Waals surface area contributed by atoms with Gasteiger partial charge in [-0.05, 0) is 78.2 Å². The third-order valence-electron chi connectivity index (χ3n) is 5.07. The van der Waals surface area contributed by atoms with Crippen LogP contribution in [0.5, 0.6) is 0 Å². The Kier molecular flexibility index (Phi) is 11.7. The van der Waals surface area contributed by atoms with Crippen molar-refractivity contribution in [3.63, 3.8) is 0 Å². The third kappa shape index (κ3) is 10.3. The molecule has 1 aliphatic rings. The number of hydrogen-bond donors (Lipinski definition) is 3. The largest absolute Gasteiger partial charge is 0.444 e. The zero-order valence-electron chi connectivity index (χ0n) is 20.1. The molecule has 2 rings (SSSR count). The minimum Gasteiger partial charge on any atom is -0.444 e. The Bertz CT molecular complexity index is 759. The lowest BCUT2D eigenvalue weighted by Crippen LogP contribution is -2.47. The second-order valence-electron chi connectivity index (χ2n) is 9.43. The fourth-order valence-electron chi connectivity index (χ4n) is 3.63. The van der Waals surface area contributed by atoms with Crippen LogP contribution in [0, 0.1) is 5.82 Å². The van der Waals surface area contributed by atoms with E-state index in [1.54, 1.807) is 13.1 Å². The summed E-state index contributed by atoms with van der Waals surface area (Å²) >= 11 is 0. The highest BCUT2D eigenvalue weighted by molar-refractivity contribution is 14.0. The van der Waals surface area contributed by atoms with Crippen molar-refractivity contribution in [3.8, 4) is 0 Å². The molecule has 0 unspecified atom stereocenters. The number of amides is 1. The highest BCUT2D eigenvalue weighted by Crippen LogP contribution is 2.19. The zero-order chi connectivity index (χ0) is 23.0. The maximum atomic E-state index is 14.0. The number of aliphatic imine (C=N–C) groups is 1. The molecule has 1 saturated carbocycles. The van der Waals surface area contributed by atoms with Gasteiger partial charge in [0.15, 0.2) is 5.96 Å². The highest BCUT2D eigenvalue weighted by atomic mass is 127. The van der Waals surface area contributed by atoms with Gasteiger partial charge >= 0.3 is 6.09 Å². The van der Waals surface area contributed by atoms with Crippen molar-refractivity contribution in [3.05, 3.63) is 35.1 Å². The van der Waals surface area contributed by atoms with E-state index in [9.17, 15) is 9.18 Å². The summed E-state index contributed by atoms with van der Waals surface area (Å²) in [5.41, 5.74) is 1.20. The smallest absolute Gasteiger partial charge is 0.407 e. The molecule has 0 heterocycles. The predicted octanol–water partition coefficient (Wildman–Crippen LogP) is 4.01. The number of carbonyl (C=O) groups excluding carboxylic acids is 1. The van der Waals surface area contributed by atoms with E-state index >= 15 is 0 Å². The van der Waals surface area contributed by atoms with E-state index in [0.717, 1.165) is 37.2 Å². The van der Waals surface area contributed by atoms with Crippen LogP contribution in [-0.2, 0) is 17.8 Å². The van der Waals surface area contributed by atoms with Gasteiger partial charge in [-0.3, -0.25) is 4.99 Å². The fraction of sp³-hybridized carbons (Fsp3) is 0.652. The maximum Gasteiger partial charge on any atom is 0.407 e. The molecular weight excluding hydrogens is 524 g/mol. The Morgan fingerprint density at radius 1 is 1.16 bits per heavy atom. The maximum absolute atomic E-state index is 14.0. The van der Waals surface area contributed by atoms with Crippen molar-refractivity contribution in [2.24, 2.45) is 4.99 Å². The summed E-state index contributed by atoms with van der Waals surface area (Å²) in [5.74, 6) is 0.541. The second kappa shape index (κ2) is 13.2. The van der Waals surface area contributed by atoms with Gasteiger partial charge < -0.3 is 25.6 Å². The number of alkyl carbamates (subject to hydrolysis) is 1. The molecule has 0 radical (unpaired) electrons. The minimum absolute atomic E-state index is 0. The molecule has 3 N–H and O–H groups in total. The van der Waals surface area contributed by atoms with Crippen LogP contribution >= 0.6 is 24.0 Å². The lowest BCUT2D eigenvalue weighted by molar-refractivity contribution is 0.0490. The van der Waals surface area contributed by atoms with E-state index in [1.165, 1.54) is 6.07 Å². The van der Waals surface area contributed by atoms with E-state index < -0.39 is 5.60 Å². The Hall–Kier alpha value is -1.62. The molecular formula is C23H39FIN5O2. The first-order valence-electron chi connectivity index (χ1n) is 10.9. The van der Waals surface area contributed by atoms with Crippen molar-refractivity contribution in [2.75, 3.05) is 21.1 Å². The lowest BCUT2D eigenvalue weighted by Gasteiger charge is -2.31. The van der Waals surface area contributed by atoms with Crippen LogP contribution < -0.4 is 16.0 Å². The standard InChI is InChI=1S/C23H38FN5O2.HI/c1-23(2,3)31-22(30)28-19-10-8-18(9-11-19)27-21(25-4)26-14-16-7-12-20(24)17(13-16)15-29(5)6;/h7,12-13,18-19H,8-11,14-15H2,1-6H3,(H,28,30)(H2,25,26,27);1H. The molecule has 7 nitrogen and oxygen atoms in total. The van der Waals surface area contributed by atoms with Gasteiger partial charge in [0.25, 0.3) is 0 Å². The topological polar surface area (TPSA) is 78.0 Å². The van der Waals surface area contributed by atoms with E-state index in [4.69, 9.17) is 4.74 Å². The average Bonchev–Trinajstić information content (AvgIpc) is 2.67. The van der Waals surface area contributed by atoms with Crippen molar-refractivity contribution >= 4 is 36.0 Å². The number of carbonyl (C=O) groups is 1. The van der Waals surface area contributed by atoms with Gasteiger partial charge in [-0.2, -0.15) is 0 Å². The number of nitrogens with one attached hydrogen (secondary N) is 3. The Labute approximate surface area is 209 Å². The molecule has 182 valence electrons. The Morgan fingerprint density at radius 3 is 2.28 bits per heavy atom. The number of hydrogen-bond acceptors (Lipinski definition) is 4. The van der Waals surface area contributed by atoms with Gasteiger partial charge in [0.1, 0.15) is 11.4 Å². The lowest BCUT2D eigenvalue weighted by atomic mass is 9.91. The monoisotopic (exact) mass is 563 g/mol. The zero-order valence-corrected chi connectivity index (χ0v) is 22.5. The van der Waals surface area contributed by atoms with Crippen LogP contribution in [0.1, 0.15) is 57.6 Å². The summed E-state index contributed by atoms with van der Waals surface area (Å²) in [6, 6.07) is 5.63. The summed E-state index contributed by atoms with van der Waals surface area (Å²) in [6.07, 6.45) is 3.30. The van der Waals surface area contributed by atoms with Crippen LogP contribution in [0.4, 0.5) is 9.18 Å². The molecule has 1 aromatic carbocycles. The first-order chi connectivity index (χ1) is 14.6. The van der Waals surface area contributed by atoms with Gasteiger partial charge in [0.05, 0.1) is 0 Å². The summed E-state index contributed by atoms with van der Waals surface area (Å²) in [4.78, 5) is 18.2. The van der Waals surface area contributed by atoms with Crippen LogP contribution in [0.2, 0.25) is 0 Å². The van der Waals surface area contributed by atoms with Crippen molar-refractivity contribution in [1.29, 1.82) is 0 Å². The SMILES string of the molecule is CN=C(NCc1ccc(F)c(CN(C)C)c1)NC1CCC(NC(=O)OC(C)(C)C)CC1.I. The molecule has 0 spiro atoms. The van der Waals surface area contributed by atoms with Crippen LogP contribution in [0.3, 0.4) is 0 Å². The molecule has 0 aliphatic heterocycles. The average molecular weight is 564 g/mol. The molecule has 1 fully saturated rings. The highest BCUT2D eigenvalue weighted by Gasteiger charge is 2.25. The second-order valence-corrected chi connectivity index (χ2v) is 9.43. The molecule has 32 heavy (non-hydrogen) atoms. The van der Waals surface area contributed by atoms with Crippen LogP contribution in [-0.4, -0.2) is 55.8 Å². The van der Waals surface area contributed by atoms with Crippen LogP contribution in [0.25, 0.3) is 0 Å². The molecule has 0 bridgehead atoms. The first kappa shape index (κ1) is 28.4. The van der Waals surface area contributed by atoms with E-state index in [-0.39, 0.29) is 41.9 Å². The number of guanidine groups is 1. The van der Waals surface area contributed by atoms with Crippen LogP contribution in [0.15, 0.2) is 23.2 Å². The normalized spacial score (nSPS) is 19.2. The number of ether oxygens (including phenoxy) is 1. The molecule has 1 aromatic rings. The van der Waals surface area contributed by atoms with E-state index in [0.29, 0.717) is 24.7 Å². The van der Waals surface area contributed by atoms with Crippen molar-refractivity contribution in [2.45, 2.75) is 77.2 Å². The summed E-state index contributed by atoms with van der Waals surface area (Å²) < 4.78 is 19.3. The number of halogens is 2. The number of nitrogens with zero attached hydrogens (tertiary/aromatic N) is 2. The van der Waals surface area contributed by atoms with Crippen molar-refractivity contribution in [1.82, 2.24) is 20.9 Å². The molecule has 0 atom stereocenters. The summed E-state index contributed by atoms with van der Waals surface area (Å²) in [7, 11) is 5.59. The van der Waals surface area contributed by atoms with Crippen molar-refractivity contribution < 1.29 is 13.9 Å².